The van der Waals surface area contributed by atoms with E-state index in [1.54, 1.807) is 31.4 Å². The van der Waals surface area contributed by atoms with E-state index in [9.17, 15) is 24.6 Å². The fraction of sp³-hybridized carbons (Fsp3) is 0.500. The van der Waals surface area contributed by atoms with Crippen LogP contribution in [0.25, 0.3) is 0 Å². The molecule has 2 N–H and O–H groups in total. The average Bonchev–Trinajstić information content (AvgIpc) is 3.02. The smallest absolute Gasteiger partial charge is 0.327 e. The Morgan fingerprint density at radius 3 is 2.64 bits per heavy atom. The Bertz CT molecular complexity index is 642. The minimum absolute atomic E-state index is 0.399. The molecule has 0 spiro atoms. The number of rotatable bonds is 4. The summed E-state index contributed by atoms with van der Waals surface area (Å²) in [7, 11) is 0. The molecule has 1 aromatic rings. The van der Waals surface area contributed by atoms with E-state index in [1.807, 2.05) is 0 Å². The molecule has 1 amide bonds. The summed E-state index contributed by atoms with van der Waals surface area (Å²) >= 11 is 2.53. The normalized spacial score (nSPS) is 30.6. The molecule has 0 bridgehead atoms. The van der Waals surface area contributed by atoms with Crippen LogP contribution in [0.15, 0.2) is 17.5 Å². The predicted octanol–water partition coefficient (Wildman–Crippen LogP) is 1.05. The second-order valence-electron chi connectivity index (χ2n) is 5.91. The van der Waals surface area contributed by atoms with Gasteiger partial charge in [-0.05, 0) is 25.3 Å². The monoisotopic (exact) mass is 341 g/mol. The quantitative estimate of drug-likeness (QED) is 0.628. The van der Waals surface area contributed by atoms with Gasteiger partial charge in [-0.25, -0.2) is 4.79 Å². The summed E-state index contributed by atoms with van der Waals surface area (Å²) in [4.78, 5) is 37.6. The molecule has 2 fully saturated rings. The number of carbonyl (C=O) groups excluding carboxylic acids is 2. The number of hydrogen-bond acceptors (Lipinski definition) is 6. The third-order valence-electron chi connectivity index (χ3n) is 4.09. The first-order valence-electron chi connectivity index (χ1n) is 6.74. The minimum Gasteiger partial charge on any atom is -0.480 e. The Morgan fingerprint density at radius 1 is 1.41 bits per heavy atom. The van der Waals surface area contributed by atoms with Crippen LogP contribution in [0.5, 0.6) is 0 Å². The molecule has 0 radical (unpaired) electrons. The molecular weight excluding hydrogens is 326 g/mol. The average molecular weight is 341 g/mol. The molecule has 0 aliphatic carbocycles. The Morgan fingerprint density at radius 2 is 2.09 bits per heavy atom. The number of carboxylic acids is 1. The maximum Gasteiger partial charge on any atom is 0.327 e. The summed E-state index contributed by atoms with van der Waals surface area (Å²) in [5.41, 5.74) is 0. The number of thiophene rings is 1. The van der Waals surface area contributed by atoms with Gasteiger partial charge in [0.25, 0.3) is 0 Å². The van der Waals surface area contributed by atoms with Crippen LogP contribution in [0, 0.1) is 5.92 Å². The zero-order valence-corrected chi connectivity index (χ0v) is 13.6. The molecule has 2 aliphatic rings. The predicted molar refractivity (Wildman–Crippen MR) is 81.9 cm³/mol. The van der Waals surface area contributed by atoms with Crippen LogP contribution >= 0.6 is 23.1 Å². The van der Waals surface area contributed by atoms with Crippen molar-refractivity contribution in [2.45, 2.75) is 36.1 Å². The standard InChI is InChI=1S/C14H15NO5S2/c1-14(2)10(13(19)20)15-11(18)7(12(15)22-14)9(17)8(16)6-4-3-5-21-6/h3-5,7,9-10,12,17H,1-2H3,(H,19,20)/t7-,9+,10+,12-/m1/s1. The van der Waals surface area contributed by atoms with Gasteiger partial charge in [-0.15, -0.1) is 23.1 Å². The number of aliphatic hydroxyl groups excluding tert-OH is 1. The Hall–Kier alpha value is -1.38. The van der Waals surface area contributed by atoms with Crippen LogP contribution in [-0.2, 0) is 9.59 Å². The van der Waals surface area contributed by atoms with Crippen LogP contribution in [0.4, 0.5) is 0 Å². The summed E-state index contributed by atoms with van der Waals surface area (Å²) in [6.45, 7) is 3.51. The van der Waals surface area contributed by atoms with Crippen LogP contribution in [0.1, 0.15) is 23.5 Å². The largest absolute Gasteiger partial charge is 0.480 e. The molecule has 0 saturated carbocycles. The number of nitrogens with zero attached hydrogens (tertiary/aromatic N) is 1. The van der Waals surface area contributed by atoms with Crippen molar-refractivity contribution in [1.82, 2.24) is 4.90 Å². The number of thioether (sulfide) groups is 1. The molecule has 3 heterocycles. The third kappa shape index (κ3) is 2.09. The molecule has 1 aromatic heterocycles. The maximum absolute atomic E-state index is 12.3. The molecule has 2 aliphatic heterocycles. The summed E-state index contributed by atoms with van der Waals surface area (Å²) in [5, 5.41) is 20.9. The lowest BCUT2D eigenvalue weighted by Crippen LogP contribution is -2.66. The second kappa shape index (κ2) is 5.07. The van der Waals surface area contributed by atoms with E-state index >= 15 is 0 Å². The molecule has 2 saturated heterocycles. The first-order valence-corrected chi connectivity index (χ1v) is 8.50. The first-order chi connectivity index (χ1) is 10.3. The molecule has 0 aromatic carbocycles. The molecule has 3 rings (SSSR count). The van der Waals surface area contributed by atoms with Crippen LogP contribution in [0.2, 0.25) is 0 Å². The van der Waals surface area contributed by atoms with Crippen molar-refractivity contribution < 1.29 is 24.6 Å². The number of aliphatic hydroxyl groups is 1. The fourth-order valence-electron chi connectivity index (χ4n) is 3.06. The van der Waals surface area contributed by atoms with E-state index in [0.717, 1.165) is 0 Å². The lowest BCUT2D eigenvalue weighted by molar-refractivity contribution is -0.167. The van der Waals surface area contributed by atoms with E-state index in [4.69, 9.17) is 0 Å². The molecule has 22 heavy (non-hydrogen) atoms. The van der Waals surface area contributed by atoms with Gasteiger partial charge in [-0.3, -0.25) is 9.59 Å². The van der Waals surface area contributed by atoms with Crippen molar-refractivity contribution in [3.05, 3.63) is 22.4 Å². The van der Waals surface area contributed by atoms with Crippen molar-refractivity contribution in [3.63, 3.8) is 0 Å². The number of ketones is 1. The second-order valence-corrected chi connectivity index (χ2v) is 8.63. The highest BCUT2D eigenvalue weighted by molar-refractivity contribution is 8.01. The van der Waals surface area contributed by atoms with Gasteiger partial charge in [0, 0.05) is 4.75 Å². The van der Waals surface area contributed by atoms with E-state index in [-0.39, 0.29) is 0 Å². The van der Waals surface area contributed by atoms with E-state index < -0.39 is 45.8 Å². The van der Waals surface area contributed by atoms with Crippen LogP contribution < -0.4 is 0 Å². The van der Waals surface area contributed by atoms with Crippen molar-refractivity contribution in [3.8, 4) is 0 Å². The van der Waals surface area contributed by atoms with E-state index in [2.05, 4.69) is 0 Å². The SMILES string of the molecule is CC1(C)S[C@@H]2[C@H]([C@H](O)C(=O)c3cccs3)C(=O)N2[C@H]1C(=O)O. The number of amides is 1. The Kier molecular flexibility index (Phi) is 3.58. The summed E-state index contributed by atoms with van der Waals surface area (Å²) in [6.07, 6.45) is -1.43. The molecule has 6 nitrogen and oxygen atoms in total. The van der Waals surface area contributed by atoms with Crippen LogP contribution in [0.3, 0.4) is 0 Å². The lowest BCUT2D eigenvalue weighted by atomic mass is 9.86. The van der Waals surface area contributed by atoms with Gasteiger partial charge in [0.05, 0.1) is 10.3 Å². The number of Topliss-reactive ketones (excluding diaryl/α,β-unsaturated/α-hetero) is 1. The summed E-state index contributed by atoms with van der Waals surface area (Å²) in [5.74, 6) is -2.88. The Labute approximate surface area is 135 Å². The molecule has 8 heteroatoms. The summed E-state index contributed by atoms with van der Waals surface area (Å²) < 4.78 is -0.660. The topological polar surface area (TPSA) is 94.9 Å². The Balaban J connectivity index is 1.83. The van der Waals surface area contributed by atoms with Gasteiger partial charge in [-0.2, -0.15) is 0 Å². The molecule has 4 atom stereocenters. The highest BCUT2D eigenvalue weighted by Crippen LogP contribution is 2.54. The zero-order chi connectivity index (χ0) is 16.2. The molecule has 118 valence electrons. The number of carbonyl (C=O) groups is 3. The fourth-order valence-corrected chi connectivity index (χ4v) is 5.47. The van der Waals surface area contributed by atoms with Gasteiger partial charge in [0.2, 0.25) is 11.7 Å². The van der Waals surface area contributed by atoms with E-state index in [1.165, 1.54) is 28.0 Å². The van der Waals surface area contributed by atoms with Crippen molar-refractivity contribution in [2.24, 2.45) is 5.92 Å². The van der Waals surface area contributed by atoms with Gasteiger partial charge in [0.15, 0.2) is 0 Å². The highest BCUT2D eigenvalue weighted by Gasteiger charge is 2.66. The lowest BCUT2D eigenvalue weighted by Gasteiger charge is -2.44. The maximum atomic E-state index is 12.3. The minimum atomic E-state index is -1.43. The number of carboxylic acid groups (broad SMARTS) is 1. The first kappa shape index (κ1) is 15.5. The number of aliphatic carboxylic acids is 1. The van der Waals surface area contributed by atoms with Crippen molar-refractivity contribution in [1.29, 1.82) is 0 Å². The van der Waals surface area contributed by atoms with Gasteiger partial charge < -0.3 is 15.1 Å². The summed E-state index contributed by atoms with van der Waals surface area (Å²) in [6, 6.07) is 2.37. The van der Waals surface area contributed by atoms with Crippen molar-refractivity contribution >= 4 is 40.8 Å². The highest BCUT2D eigenvalue weighted by atomic mass is 32.2. The number of hydrogen-bond donors (Lipinski definition) is 2. The molecule has 0 unspecified atom stereocenters. The number of fused-ring (bicyclic) bond motifs is 1. The zero-order valence-electron chi connectivity index (χ0n) is 11.9. The third-order valence-corrected chi connectivity index (χ3v) is 6.57. The van der Waals surface area contributed by atoms with Crippen LogP contribution in [-0.4, -0.2) is 55.0 Å². The van der Waals surface area contributed by atoms with Gasteiger partial charge >= 0.3 is 5.97 Å². The van der Waals surface area contributed by atoms with Gasteiger partial charge in [0.1, 0.15) is 18.1 Å². The van der Waals surface area contributed by atoms with Gasteiger partial charge in [-0.1, -0.05) is 6.07 Å². The molecular formula is C14H15NO5S2. The van der Waals surface area contributed by atoms with Crippen molar-refractivity contribution in [2.75, 3.05) is 0 Å². The van der Waals surface area contributed by atoms with E-state index in [0.29, 0.717) is 4.88 Å². The number of β-lactam (4-membered cyclic amide) rings is 1.